The molecule has 0 N–H and O–H groups in total. The van der Waals surface area contributed by atoms with Crippen molar-refractivity contribution in [2.24, 2.45) is 5.92 Å². The summed E-state index contributed by atoms with van der Waals surface area (Å²) >= 11 is 5.56. The third-order valence-electron chi connectivity index (χ3n) is 2.05. The van der Waals surface area contributed by atoms with Crippen molar-refractivity contribution in [3.63, 3.8) is 0 Å². The van der Waals surface area contributed by atoms with Gasteiger partial charge in [0, 0.05) is 12.6 Å². The third kappa shape index (κ3) is 2.84. The summed E-state index contributed by atoms with van der Waals surface area (Å²) in [6.07, 6.45) is 2.55. The molecule has 1 aromatic heterocycles. The maximum absolute atomic E-state index is 11.3. The highest BCUT2D eigenvalue weighted by Gasteiger charge is 2.02. The second kappa shape index (κ2) is 4.42. The lowest BCUT2D eigenvalue weighted by molar-refractivity contribution is 0.456. The molecule has 1 atom stereocenters. The van der Waals surface area contributed by atoms with Gasteiger partial charge >= 0.3 is 0 Å². The SMILES string of the molecule is CCC(C)Cn1cnc(Cl)cc1=O. The lowest BCUT2D eigenvalue weighted by Gasteiger charge is -2.09. The van der Waals surface area contributed by atoms with Crippen LogP contribution in [0.4, 0.5) is 0 Å². The van der Waals surface area contributed by atoms with Crippen LogP contribution in [0.2, 0.25) is 5.15 Å². The van der Waals surface area contributed by atoms with Gasteiger partial charge in [0.2, 0.25) is 0 Å². The molecule has 0 amide bonds. The van der Waals surface area contributed by atoms with E-state index >= 15 is 0 Å². The fraction of sp³-hybridized carbons (Fsp3) is 0.556. The molecule has 0 spiro atoms. The zero-order valence-electron chi connectivity index (χ0n) is 7.83. The topological polar surface area (TPSA) is 34.9 Å². The smallest absolute Gasteiger partial charge is 0.254 e. The molecule has 0 aromatic carbocycles. The first-order valence-electron chi connectivity index (χ1n) is 4.35. The number of hydrogen-bond acceptors (Lipinski definition) is 2. The van der Waals surface area contributed by atoms with E-state index in [0.717, 1.165) is 6.42 Å². The number of nitrogens with zero attached hydrogens (tertiary/aromatic N) is 2. The van der Waals surface area contributed by atoms with E-state index in [0.29, 0.717) is 12.5 Å². The molecule has 3 nitrogen and oxygen atoms in total. The Hall–Kier alpha value is -0.830. The van der Waals surface area contributed by atoms with Crippen LogP contribution in [0.1, 0.15) is 20.3 Å². The van der Waals surface area contributed by atoms with Crippen LogP contribution in [0, 0.1) is 5.92 Å². The Bertz CT molecular complexity index is 335. The van der Waals surface area contributed by atoms with Crippen LogP contribution < -0.4 is 5.56 Å². The fourth-order valence-corrected chi connectivity index (χ4v) is 1.14. The Morgan fingerprint density at radius 3 is 2.92 bits per heavy atom. The summed E-state index contributed by atoms with van der Waals surface area (Å²) in [4.78, 5) is 15.2. The van der Waals surface area contributed by atoms with Crippen LogP contribution in [0.3, 0.4) is 0 Å². The van der Waals surface area contributed by atoms with Crippen molar-refractivity contribution in [2.75, 3.05) is 0 Å². The normalized spacial score (nSPS) is 12.8. The van der Waals surface area contributed by atoms with E-state index in [-0.39, 0.29) is 10.7 Å². The molecule has 0 aliphatic heterocycles. The standard InChI is InChI=1S/C9H13ClN2O/c1-3-7(2)5-12-6-11-8(10)4-9(12)13/h4,6-7H,3,5H2,1-2H3. The second-order valence-electron chi connectivity index (χ2n) is 3.22. The summed E-state index contributed by atoms with van der Waals surface area (Å²) in [5.41, 5.74) is -0.0831. The average Bonchev–Trinajstić information content (AvgIpc) is 2.09. The lowest BCUT2D eigenvalue weighted by atomic mass is 10.1. The Labute approximate surface area is 82.4 Å². The molecule has 0 saturated carbocycles. The first-order chi connectivity index (χ1) is 6.13. The van der Waals surface area contributed by atoms with E-state index < -0.39 is 0 Å². The highest BCUT2D eigenvalue weighted by Crippen LogP contribution is 2.03. The maximum Gasteiger partial charge on any atom is 0.254 e. The largest absolute Gasteiger partial charge is 0.299 e. The van der Waals surface area contributed by atoms with Crippen molar-refractivity contribution in [3.05, 3.63) is 27.9 Å². The Morgan fingerprint density at radius 2 is 2.38 bits per heavy atom. The number of halogens is 1. The van der Waals surface area contributed by atoms with Gasteiger partial charge in [0.05, 0.1) is 6.33 Å². The van der Waals surface area contributed by atoms with Gasteiger partial charge in [-0.25, -0.2) is 4.98 Å². The molecule has 72 valence electrons. The summed E-state index contributed by atoms with van der Waals surface area (Å²) in [7, 11) is 0. The van der Waals surface area contributed by atoms with Crippen LogP contribution in [0.25, 0.3) is 0 Å². The number of aromatic nitrogens is 2. The molecular formula is C9H13ClN2O. The van der Waals surface area contributed by atoms with Gasteiger partial charge in [-0.05, 0) is 5.92 Å². The Morgan fingerprint density at radius 1 is 1.69 bits per heavy atom. The molecule has 0 bridgehead atoms. The number of hydrogen-bond donors (Lipinski definition) is 0. The third-order valence-corrected chi connectivity index (χ3v) is 2.26. The summed E-state index contributed by atoms with van der Waals surface area (Å²) in [5.74, 6) is 0.487. The minimum Gasteiger partial charge on any atom is -0.299 e. The van der Waals surface area contributed by atoms with E-state index in [1.165, 1.54) is 12.4 Å². The van der Waals surface area contributed by atoms with E-state index in [2.05, 4.69) is 18.8 Å². The van der Waals surface area contributed by atoms with Gasteiger partial charge in [0.1, 0.15) is 5.15 Å². The Kier molecular flexibility index (Phi) is 3.48. The first kappa shape index (κ1) is 10.3. The molecule has 0 fully saturated rings. The Balaban J connectivity index is 2.84. The van der Waals surface area contributed by atoms with Crippen molar-refractivity contribution in [1.29, 1.82) is 0 Å². The van der Waals surface area contributed by atoms with Gasteiger partial charge in [-0.15, -0.1) is 0 Å². The number of rotatable bonds is 3. The molecule has 1 rings (SSSR count). The molecule has 0 saturated heterocycles. The van der Waals surface area contributed by atoms with Crippen molar-refractivity contribution in [3.8, 4) is 0 Å². The van der Waals surface area contributed by atoms with Gasteiger partial charge in [0.25, 0.3) is 5.56 Å². The van der Waals surface area contributed by atoms with Crippen molar-refractivity contribution >= 4 is 11.6 Å². The van der Waals surface area contributed by atoms with Gasteiger partial charge in [-0.2, -0.15) is 0 Å². The van der Waals surface area contributed by atoms with E-state index in [4.69, 9.17) is 11.6 Å². The van der Waals surface area contributed by atoms with Crippen molar-refractivity contribution in [1.82, 2.24) is 9.55 Å². The van der Waals surface area contributed by atoms with Crippen LogP contribution >= 0.6 is 11.6 Å². The van der Waals surface area contributed by atoms with Gasteiger partial charge in [-0.3, -0.25) is 9.36 Å². The molecule has 1 aromatic rings. The minimum atomic E-state index is -0.0831. The zero-order valence-corrected chi connectivity index (χ0v) is 8.58. The van der Waals surface area contributed by atoms with Gasteiger partial charge in [-0.1, -0.05) is 31.9 Å². The molecule has 4 heteroatoms. The monoisotopic (exact) mass is 200 g/mol. The van der Waals surface area contributed by atoms with Crippen LogP contribution in [-0.4, -0.2) is 9.55 Å². The van der Waals surface area contributed by atoms with E-state index in [1.807, 2.05) is 0 Å². The molecule has 1 heterocycles. The average molecular weight is 201 g/mol. The van der Waals surface area contributed by atoms with E-state index in [1.54, 1.807) is 4.57 Å². The quantitative estimate of drug-likeness (QED) is 0.699. The molecular weight excluding hydrogens is 188 g/mol. The summed E-state index contributed by atoms with van der Waals surface area (Å²) < 4.78 is 1.58. The molecule has 0 aliphatic rings. The van der Waals surface area contributed by atoms with Crippen molar-refractivity contribution in [2.45, 2.75) is 26.8 Å². The minimum absolute atomic E-state index is 0.0831. The predicted octanol–water partition coefficient (Wildman–Crippen LogP) is 1.94. The summed E-state index contributed by atoms with van der Waals surface area (Å²) in [5, 5.41) is 0.255. The van der Waals surface area contributed by atoms with Gasteiger partial charge in [0.15, 0.2) is 0 Å². The molecule has 0 radical (unpaired) electrons. The maximum atomic E-state index is 11.3. The van der Waals surface area contributed by atoms with E-state index in [9.17, 15) is 4.79 Å². The first-order valence-corrected chi connectivity index (χ1v) is 4.73. The highest BCUT2D eigenvalue weighted by molar-refractivity contribution is 6.29. The van der Waals surface area contributed by atoms with Crippen molar-refractivity contribution < 1.29 is 0 Å². The highest BCUT2D eigenvalue weighted by atomic mass is 35.5. The predicted molar refractivity (Wildman–Crippen MR) is 53.0 cm³/mol. The summed E-state index contributed by atoms with van der Waals surface area (Å²) in [6.45, 7) is 4.90. The van der Waals surface area contributed by atoms with Gasteiger partial charge < -0.3 is 0 Å². The zero-order chi connectivity index (χ0) is 9.84. The van der Waals surface area contributed by atoms with Crippen LogP contribution in [-0.2, 0) is 6.54 Å². The lowest BCUT2D eigenvalue weighted by Crippen LogP contribution is -2.22. The van der Waals surface area contributed by atoms with Crippen LogP contribution in [0.15, 0.2) is 17.2 Å². The summed E-state index contributed by atoms with van der Waals surface area (Å²) in [6, 6.07) is 1.34. The second-order valence-corrected chi connectivity index (χ2v) is 3.60. The molecule has 1 unspecified atom stereocenters. The fourth-order valence-electron chi connectivity index (χ4n) is 1.01. The molecule has 0 aliphatic carbocycles. The molecule has 13 heavy (non-hydrogen) atoms. The van der Waals surface area contributed by atoms with Crippen LogP contribution in [0.5, 0.6) is 0 Å².